The lowest BCUT2D eigenvalue weighted by atomic mass is 9.72. The molecule has 71 heavy (non-hydrogen) atoms. The van der Waals surface area contributed by atoms with Gasteiger partial charge >= 0.3 is 14.0 Å². The molecule has 1 amide bonds. The minimum atomic E-state index is -4.92. The normalized spacial score (nSPS) is 18.1. The lowest BCUT2D eigenvalue weighted by Gasteiger charge is -2.39. The van der Waals surface area contributed by atoms with Crippen LogP contribution in [0.3, 0.4) is 0 Å². The number of hydrogen-bond acceptors (Lipinski definition) is 14. The topological polar surface area (TPSA) is 237 Å². The van der Waals surface area contributed by atoms with Gasteiger partial charge in [0.25, 0.3) is 21.6 Å². The summed E-state index contributed by atoms with van der Waals surface area (Å²) < 4.78 is 105. The molecule has 380 valence electrons. The number of rotatable bonds is 16. The number of anilines is 2. The monoisotopic (exact) mass is 1030 g/mol. The summed E-state index contributed by atoms with van der Waals surface area (Å²) in [4.78, 5) is 52.3. The number of hydrogen-bond donors (Lipinski definition) is 4. The second-order valence-corrected chi connectivity index (χ2v) is 21.4. The van der Waals surface area contributed by atoms with E-state index in [9.17, 15) is 50.8 Å². The van der Waals surface area contributed by atoms with Crippen molar-refractivity contribution >= 4 is 46.4 Å². The van der Waals surface area contributed by atoms with Gasteiger partial charge in [0, 0.05) is 68.8 Å². The Morgan fingerprint density at radius 1 is 1.04 bits per heavy atom. The average molecular weight is 1030 g/mol. The predicted octanol–water partition coefficient (Wildman–Crippen LogP) is 7.81. The number of carbonyl (C=O) groups is 1. The second-order valence-electron chi connectivity index (χ2n) is 18.4. The fourth-order valence-electron chi connectivity index (χ4n) is 8.99. The van der Waals surface area contributed by atoms with Crippen LogP contribution in [0.5, 0.6) is 11.5 Å². The van der Waals surface area contributed by atoms with E-state index in [1.807, 2.05) is 4.72 Å². The van der Waals surface area contributed by atoms with Crippen LogP contribution in [0.4, 0.5) is 30.2 Å². The molecular weight excluding hydrogens is 975 g/mol. The number of phosphoric ester groups is 1. The zero-order valence-corrected chi connectivity index (χ0v) is 40.7. The summed E-state index contributed by atoms with van der Waals surface area (Å²) >= 11 is 0. The minimum Gasteiger partial charge on any atom is -0.455 e. The zero-order chi connectivity index (χ0) is 50.9. The van der Waals surface area contributed by atoms with Gasteiger partial charge < -0.3 is 38.8 Å². The molecule has 24 heteroatoms. The van der Waals surface area contributed by atoms with E-state index >= 15 is 0 Å². The molecule has 0 radical (unpaired) electrons. The number of piperazine rings is 1. The first-order valence-corrected chi connectivity index (χ1v) is 25.7. The van der Waals surface area contributed by atoms with Gasteiger partial charge in [-0.15, -0.1) is 0 Å². The number of alkyl halides is 3. The van der Waals surface area contributed by atoms with Gasteiger partial charge in [-0.05, 0) is 96.8 Å². The number of phosphoric acid groups is 1. The third-order valence-electron chi connectivity index (χ3n) is 12.7. The summed E-state index contributed by atoms with van der Waals surface area (Å²) in [5.74, 6) is -0.884. The summed E-state index contributed by atoms with van der Waals surface area (Å²) in [6, 6.07) is 14.9. The number of fused-ring (bicyclic) bond motifs is 1. The first-order chi connectivity index (χ1) is 33.5. The molecule has 5 aliphatic rings. The van der Waals surface area contributed by atoms with Crippen molar-refractivity contribution in [3.05, 3.63) is 117 Å². The molecule has 0 aromatic heterocycles. The standard InChI is InChI=1S/C47H53F3N7O12PS/c1-30-20-33(47(48,49)50)4-7-38(30)40-24-46(2,3)12-10-32(40)26-54-14-16-55(17-15-54)34-5-8-39(43(22-34)69-35-21-31-11-13-51-44(31)56(27-35)29-68-70(61,62)63)45(58)53-71(64,65)37-6-9-41(42(23-37)57(59)60)52-25-36-28-66-18-19-67-36/h4-9,11,13,20-23,27,36,52H,10,12,14-19,24-26,28-29H2,1-3H3,(H,53,58)(H2,61,62,63). The number of nitro benzene ring substituents is 1. The van der Waals surface area contributed by atoms with Crippen molar-refractivity contribution in [3.8, 4) is 22.9 Å². The maximum atomic E-state index is 14.1. The van der Waals surface area contributed by atoms with Crippen LogP contribution in [0.25, 0.3) is 17.0 Å². The van der Waals surface area contributed by atoms with Crippen molar-refractivity contribution in [1.29, 1.82) is 0 Å². The van der Waals surface area contributed by atoms with Gasteiger partial charge in [-0.2, -0.15) is 13.2 Å². The molecule has 19 nitrogen and oxygen atoms in total. The largest absolute Gasteiger partial charge is 0.471 e. The Morgan fingerprint density at radius 2 is 1.82 bits per heavy atom. The van der Waals surface area contributed by atoms with E-state index < -0.39 is 57.7 Å². The highest BCUT2D eigenvalue weighted by Gasteiger charge is 2.34. The van der Waals surface area contributed by atoms with Crippen molar-refractivity contribution in [1.82, 2.24) is 19.2 Å². The molecule has 0 saturated carbocycles. The van der Waals surface area contributed by atoms with Gasteiger partial charge in [0.2, 0.25) is 0 Å². The third kappa shape index (κ3) is 12.6. The number of pyridine rings is 1. The van der Waals surface area contributed by atoms with E-state index in [0.29, 0.717) is 68.6 Å². The number of allylic oxidation sites excluding steroid dienone is 1. The summed E-state index contributed by atoms with van der Waals surface area (Å²) in [6.45, 7) is 9.48. The molecule has 2 saturated heterocycles. The number of aryl methyl sites for hydroxylation is 1. The Labute approximate surface area is 407 Å². The van der Waals surface area contributed by atoms with E-state index in [-0.39, 0.29) is 47.4 Å². The van der Waals surface area contributed by atoms with Gasteiger partial charge in [0.1, 0.15) is 29.7 Å². The number of halogens is 3. The molecule has 3 aromatic carbocycles. The Balaban J connectivity index is 1.05. The summed E-state index contributed by atoms with van der Waals surface area (Å²) in [6.07, 6.45) is 0.421. The van der Waals surface area contributed by atoms with Crippen molar-refractivity contribution in [2.75, 3.05) is 69.3 Å². The van der Waals surface area contributed by atoms with Crippen molar-refractivity contribution < 1.29 is 64.4 Å². The highest BCUT2D eigenvalue weighted by Crippen LogP contribution is 2.45. The number of nitrogens with one attached hydrogen (secondary N) is 2. The molecule has 1 aliphatic carbocycles. The maximum absolute atomic E-state index is 14.1. The number of aromatic nitrogens is 2. The number of carbonyl (C=O) groups excluding carboxylic acids is 1. The molecule has 0 spiro atoms. The van der Waals surface area contributed by atoms with E-state index in [0.717, 1.165) is 48.6 Å². The molecule has 8 rings (SSSR count). The van der Waals surface area contributed by atoms with E-state index in [1.165, 1.54) is 40.7 Å². The minimum absolute atomic E-state index is 0.0232. The number of benzene rings is 3. The fraction of sp³-hybridized carbons (Fsp3) is 0.404. The van der Waals surface area contributed by atoms with Gasteiger partial charge in [-0.25, -0.2) is 22.7 Å². The number of sulfonamides is 1. The Kier molecular flexibility index (Phi) is 15.0. The lowest BCUT2D eigenvalue weighted by Crippen LogP contribution is -2.47. The van der Waals surface area contributed by atoms with Gasteiger partial charge in [0.05, 0.1) is 53.1 Å². The van der Waals surface area contributed by atoms with Crippen LogP contribution in [0.15, 0.2) is 89.6 Å². The quantitative estimate of drug-likeness (QED) is 0.0419. The van der Waals surface area contributed by atoms with Crippen molar-refractivity contribution in [2.24, 2.45) is 5.41 Å². The van der Waals surface area contributed by atoms with Gasteiger partial charge in [-0.3, -0.25) is 24.3 Å². The molecule has 4 aliphatic heterocycles. The van der Waals surface area contributed by atoms with Crippen LogP contribution in [0, 0.1) is 22.5 Å². The van der Waals surface area contributed by atoms with Crippen LogP contribution in [-0.4, -0.2) is 109 Å². The number of nitro groups is 1. The SMILES string of the molecule is Cc1cc(C(F)(F)F)ccc1C1=C(CN2CCN(c3ccc(C(=O)NS(=O)(=O)c4ccc(NCC5COCCO5)c([N+](=O)[O-])c4)c(Oc4cc5ccnc-5n(COP(=O)(O)O)c4)c3)CC2)CCC(C)(C)C1. The molecular formula is C47H53F3N7O12PS. The van der Waals surface area contributed by atoms with E-state index in [1.54, 1.807) is 37.3 Å². The number of ether oxygens (including phenoxy) is 3. The summed E-state index contributed by atoms with van der Waals surface area (Å²) in [7, 11) is -9.67. The lowest BCUT2D eigenvalue weighted by molar-refractivity contribution is -0.384. The molecule has 4 N–H and O–H groups in total. The van der Waals surface area contributed by atoms with Crippen molar-refractivity contribution in [3.63, 3.8) is 0 Å². The highest BCUT2D eigenvalue weighted by atomic mass is 32.2. The maximum Gasteiger partial charge on any atom is 0.471 e. The van der Waals surface area contributed by atoms with Crippen LogP contribution >= 0.6 is 7.82 Å². The predicted molar refractivity (Wildman–Crippen MR) is 255 cm³/mol. The summed E-state index contributed by atoms with van der Waals surface area (Å²) in [5.41, 5.74) is 3.23. The van der Waals surface area contributed by atoms with Crippen molar-refractivity contribution in [2.45, 2.75) is 63.9 Å². The molecule has 2 fully saturated rings. The van der Waals surface area contributed by atoms with Gasteiger partial charge in [-0.1, -0.05) is 25.5 Å². The van der Waals surface area contributed by atoms with Crippen LogP contribution < -0.4 is 19.7 Å². The molecule has 3 aromatic rings. The second kappa shape index (κ2) is 20.7. The van der Waals surface area contributed by atoms with Crippen LogP contribution in [0.1, 0.15) is 60.2 Å². The Hall–Kier alpha value is -5.91. The third-order valence-corrected chi connectivity index (χ3v) is 14.5. The fourth-order valence-corrected chi connectivity index (χ4v) is 10.3. The molecule has 0 bridgehead atoms. The Bertz CT molecular complexity index is 2970. The highest BCUT2D eigenvalue weighted by molar-refractivity contribution is 7.90. The smallest absolute Gasteiger partial charge is 0.455 e. The number of nitrogens with zero attached hydrogens (tertiary/aromatic N) is 5. The van der Waals surface area contributed by atoms with Crippen LogP contribution in [0.2, 0.25) is 0 Å². The molecule has 1 unspecified atom stereocenters. The first-order valence-electron chi connectivity index (χ1n) is 22.6. The Morgan fingerprint density at radius 3 is 2.51 bits per heavy atom. The average Bonchev–Trinajstić information content (AvgIpc) is 3.79. The van der Waals surface area contributed by atoms with E-state index in [2.05, 4.69) is 33.9 Å². The zero-order valence-electron chi connectivity index (χ0n) is 39.0. The van der Waals surface area contributed by atoms with E-state index in [4.69, 9.17) is 18.7 Å². The molecule has 1 atom stereocenters. The number of amides is 1. The molecule has 4 heterocycles. The summed E-state index contributed by atoms with van der Waals surface area (Å²) in [5, 5.41) is 15.0. The first kappa shape index (κ1) is 51.4. The van der Waals surface area contributed by atoms with Crippen LogP contribution in [-0.2, 0) is 41.5 Å². The van der Waals surface area contributed by atoms with Gasteiger partial charge in [0.15, 0.2) is 0 Å².